The van der Waals surface area contributed by atoms with Gasteiger partial charge in [-0.05, 0) is 33.0 Å². The summed E-state index contributed by atoms with van der Waals surface area (Å²) in [6.45, 7) is 0. The Balaban J connectivity index is 0.000000911. The summed E-state index contributed by atoms with van der Waals surface area (Å²) in [6.07, 6.45) is 0. The highest BCUT2D eigenvalue weighted by atomic mass is 16.0. The number of rotatable bonds is 2. The first-order chi connectivity index (χ1) is 11.4. The van der Waals surface area contributed by atoms with Crippen LogP contribution in [0.3, 0.4) is 0 Å². The highest BCUT2D eigenvalue weighted by Gasteiger charge is 2.21. The van der Waals surface area contributed by atoms with Crippen LogP contribution in [0, 0.1) is 0 Å². The molecule has 25 heavy (non-hydrogen) atoms. The molecular weight excluding hydrogens is 307 g/mol. The molecule has 0 saturated heterocycles. The molecular formula is C22H19BO2. The van der Waals surface area contributed by atoms with Crippen molar-refractivity contribution in [2.24, 2.45) is 0 Å². The average Bonchev–Trinajstić information content (AvgIpc) is 2.94. The van der Waals surface area contributed by atoms with Crippen LogP contribution in [0.1, 0.15) is 0 Å². The third kappa shape index (κ3) is 2.54. The maximum absolute atomic E-state index is 2.30. The molecule has 0 saturated carbocycles. The number of fused-ring (bicyclic) bond motifs is 3. The molecule has 4 N–H and O–H groups in total. The first-order valence-corrected chi connectivity index (χ1v) is 8.10. The Labute approximate surface area is 147 Å². The monoisotopic (exact) mass is 326 g/mol. The molecule has 0 spiro atoms. The Morgan fingerprint density at radius 2 is 1.08 bits per heavy atom. The van der Waals surface area contributed by atoms with Gasteiger partial charge in [0, 0.05) is 0 Å². The molecule has 0 amide bonds. The summed E-state index contributed by atoms with van der Waals surface area (Å²) in [5.41, 5.74) is 8.26. The zero-order valence-electron chi connectivity index (χ0n) is 13.8. The van der Waals surface area contributed by atoms with Gasteiger partial charge in [-0.15, -0.1) is 0 Å². The van der Waals surface area contributed by atoms with E-state index in [1.54, 1.807) is 0 Å². The Hall–Kier alpha value is -2.88. The lowest BCUT2D eigenvalue weighted by atomic mass is 9.62. The molecule has 0 aliphatic heterocycles. The van der Waals surface area contributed by atoms with Crippen LogP contribution in [0.4, 0.5) is 0 Å². The van der Waals surface area contributed by atoms with Gasteiger partial charge in [-0.3, -0.25) is 0 Å². The summed E-state index contributed by atoms with van der Waals surface area (Å²) in [4.78, 5) is 0. The van der Waals surface area contributed by atoms with E-state index in [9.17, 15) is 0 Å². The second kappa shape index (κ2) is 6.56. The van der Waals surface area contributed by atoms with Gasteiger partial charge >= 0.3 is 0 Å². The average molecular weight is 326 g/mol. The molecule has 0 bridgehead atoms. The van der Waals surface area contributed by atoms with Crippen molar-refractivity contribution >= 4 is 29.0 Å². The fourth-order valence-corrected chi connectivity index (χ4v) is 3.84. The first-order valence-electron chi connectivity index (χ1n) is 8.10. The molecule has 4 aromatic rings. The van der Waals surface area contributed by atoms with Crippen molar-refractivity contribution in [3.63, 3.8) is 0 Å². The van der Waals surface area contributed by atoms with E-state index in [2.05, 4.69) is 84.9 Å². The van der Waals surface area contributed by atoms with Crippen LogP contribution in [0.15, 0.2) is 84.9 Å². The molecule has 3 heteroatoms. The third-order valence-corrected chi connectivity index (χ3v) is 4.88. The molecule has 5 rings (SSSR count). The summed E-state index contributed by atoms with van der Waals surface area (Å²) in [5.74, 6) is 0. The molecule has 122 valence electrons. The Morgan fingerprint density at radius 1 is 0.480 bits per heavy atom. The Morgan fingerprint density at radius 3 is 1.80 bits per heavy atom. The fraction of sp³-hybridized carbons (Fsp3) is 0. The topological polar surface area (TPSA) is 63.0 Å². The quantitative estimate of drug-likeness (QED) is 0.447. The van der Waals surface area contributed by atoms with Gasteiger partial charge in [0.1, 0.15) is 0 Å². The smallest absolute Gasteiger partial charge is 0.193 e. The van der Waals surface area contributed by atoms with E-state index < -0.39 is 0 Å². The van der Waals surface area contributed by atoms with E-state index in [0.717, 1.165) is 7.28 Å². The van der Waals surface area contributed by atoms with Crippen LogP contribution in [0.2, 0.25) is 0 Å². The second-order valence-corrected chi connectivity index (χ2v) is 6.21. The molecule has 1 aliphatic rings. The minimum atomic E-state index is 0. The third-order valence-electron chi connectivity index (χ3n) is 4.88. The summed E-state index contributed by atoms with van der Waals surface area (Å²) < 4.78 is 0. The largest absolute Gasteiger partial charge is 0.412 e. The lowest BCUT2D eigenvalue weighted by Gasteiger charge is -2.08. The van der Waals surface area contributed by atoms with Gasteiger partial charge < -0.3 is 11.0 Å². The Kier molecular flexibility index (Phi) is 4.45. The van der Waals surface area contributed by atoms with Gasteiger partial charge in [-0.1, -0.05) is 95.9 Å². The maximum atomic E-state index is 2.30. The molecule has 0 atom stereocenters. The van der Waals surface area contributed by atoms with Crippen molar-refractivity contribution in [3.05, 3.63) is 84.9 Å². The van der Waals surface area contributed by atoms with Gasteiger partial charge in [0.15, 0.2) is 7.28 Å². The van der Waals surface area contributed by atoms with Crippen molar-refractivity contribution in [2.45, 2.75) is 0 Å². The minimum absolute atomic E-state index is 0. The molecule has 1 aliphatic carbocycles. The minimum Gasteiger partial charge on any atom is -0.412 e. The van der Waals surface area contributed by atoms with Crippen LogP contribution in [-0.4, -0.2) is 18.2 Å². The lowest BCUT2D eigenvalue weighted by Crippen LogP contribution is -2.27. The van der Waals surface area contributed by atoms with Crippen LogP contribution in [0.5, 0.6) is 0 Å². The van der Waals surface area contributed by atoms with E-state index in [1.807, 2.05) is 0 Å². The highest BCUT2D eigenvalue weighted by molar-refractivity contribution is 6.70. The summed E-state index contributed by atoms with van der Waals surface area (Å²) in [7, 11) is 0.984. The van der Waals surface area contributed by atoms with Crippen LogP contribution < -0.4 is 10.9 Å². The SMILES string of the molecule is B(c1ccccc1)c1ccc2c3c(cccc13)-c1ccccc1-2.O.O. The molecule has 0 radical (unpaired) electrons. The lowest BCUT2D eigenvalue weighted by molar-refractivity contribution is 0.823. The molecule has 0 unspecified atom stereocenters. The van der Waals surface area contributed by atoms with Gasteiger partial charge in [-0.2, -0.15) is 0 Å². The summed E-state index contributed by atoms with van der Waals surface area (Å²) in [5, 5.41) is 2.81. The van der Waals surface area contributed by atoms with Gasteiger partial charge in [0.05, 0.1) is 0 Å². The zero-order valence-corrected chi connectivity index (χ0v) is 13.8. The summed E-state index contributed by atoms with van der Waals surface area (Å²) in [6, 6.07) is 30.8. The molecule has 0 fully saturated rings. The number of benzene rings is 4. The van der Waals surface area contributed by atoms with Crippen molar-refractivity contribution in [2.75, 3.05) is 0 Å². The van der Waals surface area contributed by atoms with Crippen LogP contribution >= 0.6 is 0 Å². The molecule has 0 heterocycles. The van der Waals surface area contributed by atoms with Crippen LogP contribution in [0.25, 0.3) is 33.0 Å². The van der Waals surface area contributed by atoms with Crippen molar-refractivity contribution in [1.82, 2.24) is 0 Å². The molecule has 4 aromatic carbocycles. The number of hydrogen-bond donors (Lipinski definition) is 0. The molecule has 0 aromatic heterocycles. The van der Waals surface area contributed by atoms with E-state index in [1.165, 1.54) is 44.0 Å². The second-order valence-electron chi connectivity index (χ2n) is 6.21. The fourth-order valence-electron chi connectivity index (χ4n) is 3.84. The first kappa shape index (κ1) is 17.0. The standard InChI is InChI=1S/C22H15B.2H2O/c1-2-7-15(8-3-1)23-21-14-13-19-17-10-5-4-9-16(17)18-11-6-12-20(21)22(18)19;;/h1-14,23H;2*1H2. The van der Waals surface area contributed by atoms with E-state index in [4.69, 9.17) is 0 Å². The van der Waals surface area contributed by atoms with E-state index in [-0.39, 0.29) is 11.0 Å². The van der Waals surface area contributed by atoms with Gasteiger partial charge in [-0.25, -0.2) is 0 Å². The van der Waals surface area contributed by atoms with Crippen molar-refractivity contribution < 1.29 is 11.0 Å². The van der Waals surface area contributed by atoms with E-state index in [0.29, 0.717) is 0 Å². The number of hydrogen-bond acceptors (Lipinski definition) is 0. The van der Waals surface area contributed by atoms with Crippen LogP contribution in [-0.2, 0) is 0 Å². The predicted molar refractivity (Wildman–Crippen MR) is 108 cm³/mol. The predicted octanol–water partition coefficient (Wildman–Crippen LogP) is 2.23. The highest BCUT2D eigenvalue weighted by Crippen LogP contribution is 2.46. The normalized spacial score (nSPS) is 10.6. The summed E-state index contributed by atoms with van der Waals surface area (Å²) >= 11 is 0. The molecule has 2 nitrogen and oxygen atoms in total. The Bertz CT molecular complexity index is 1010. The van der Waals surface area contributed by atoms with Gasteiger partial charge in [0.25, 0.3) is 0 Å². The maximum Gasteiger partial charge on any atom is 0.193 e. The van der Waals surface area contributed by atoms with E-state index >= 15 is 0 Å². The van der Waals surface area contributed by atoms with Crippen molar-refractivity contribution in [1.29, 1.82) is 0 Å². The van der Waals surface area contributed by atoms with Gasteiger partial charge in [0.2, 0.25) is 0 Å². The van der Waals surface area contributed by atoms with Crippen molar-refractivity contribution in [3.8, 4) is 22.3 Å². The zero-order chi connectivity index (χ0) is 15.2.